The number of ketones is 1. The SMILES string of the molecule is C[C@H](CCCC(C)(C)O)C1CC[C@@]2(C)C3CC=C4C(CC[C@H](O[C@@H]5O[C@H](C[O-])C[C@H]([N+](=O)[O-])[C@H]5O)C4(C)C)[C@]3(C)C(=O)C[C@]12C. The predicted octanol–water partition coefficient (Wildman–Crippen LogP) is 5.21. The van der Waals surface area contributed by atoms with Gasteiger partial charge in [0.25, 0.3) is 0 Å². The summed E-state index contributed by atoms with van der Waals surface area (Å²) in [5, 5.41) is 44.3. The number of ether oxygens (including phenoxy) is 2. The maximum absolute atomic E-state index is 14.6. The van der Waals surface area contributed by atoms with Gasteiger partial charge in [-0.25, -0.2) is 0 Å². The number of rotatable bonds is 9. The topological polar surface area (TPSA) is 142 Å². The number of carbonyl (C=O) groups is 1. The molecule has 0 radical (unpaired) electrons. The Morgan fingerprint density at radius 1 is 1.16 bits per heavy atom. The van der Waals surface area contributed by atoms with Gasteiger partial charge in [-0.2, -0.15) is 0 Å². The highest BCUT2D eigenvalue weighted by molar-refractivity contribution is 5.88. The maximum atomic E-state index is 14.6. The number of carbonyl (C=O) groups excluding carboxylic acids is 1. The summed E-state index contributed by atoms with van der Waals surface area (Å²) in [4.78, 5) is 25.7. The molecule has 3 unspecified atom stereocenters. The molecule has 5 rings (SSSR count). The number of allylic oxidation sites excluding steroid dienone is 1. The second-order valence-electron chi connectivity index (χ2n) is 17.3. The summed E-state index contributed by atoms with van der Waals surface area (Å²) >= 11 is 0. The molecule has 0 spiro atoms. The van der Waals surface area contributed by atoms with Crippen LogP contribution in [-0.4, -0.2) is 63.8 Å². The Kier molecular flexibility index (Phi) is 9.27. The summed E-state index contributed by atoms with van der Waals surface area (Å²) in [5.74, 6) is 1.68. The maximum Gasteiger partial charge on any atom is 0.246 e. The Labute approximate surface area is 269 Å². The number of hydrogen-bond acceptors (Lipinski definition) is 8. The highest BCUT2D eigenvalue weighted by Gasteiger charge is 2.70. The molecule has 1 saturated heterocycles. The normalized spacial score (nSPS) is 45.2. The van der Waals surface area contributed by atoms with Crippen LogP contribution < -0.4 is 5.11 Å². The Bertz CT molecular complexity index is 1180. The Morgan fingerprint density at radius 3 is 2.47 bits per heavy atom. The second-order valence-corrected chi connectivity index (χ2v) is 17.3. The van der Waals surface area contributed by atoms with Gasteiger partial charge in [0.05, 0.1) is 17.8 Å². The highest BCUT2D eigenvalue weighted by atomic mass is 16.7. The van der Waals surface area contributed by atoms with E-state index in [0.717, 1.165) is 44.9 Å². The van der Waals surface area contributed by atoms with Crippen molar-refractivity contribution in [2.24, 2.45) is 45.3 Å². The fourth-order valence-electron chi connectivity index (χ4n) is 11.2. The molecule has 4 fully saturated rings. The molecule has 5 aliphatic rings. The van der Waals surface area contributed by atoms with Crippen LogP contribution in [-0.2, 0) is 14.3 Å². The van der Waals surface area contributed by atoms with Gasteiger partial charge in [-0.15, -0.1) is 6.61 Å². The van der Waals surface area contributed by atoms with E-state index in [4.69, 9.17) is 9.47 Å². The zero-order valence-corrected chi connectivity index (χ0v) is 28.8. The third-order valence-electron chi connectivity index (χ3n) is 14.1. The molecule has 0 bridgehead atoms. The molecule has 256 valence electrons. The first kappa shape index (κ1) is 34.9. The van der Waals surface area contributed by atoms with Gasteiger partial charge in [0.1, 0.15) is 5.78 Å². The van der Waals surface area contributed by atoms with Crippen molar-refractivity contribution in [2.75, 3.05) is 6.61 Å². The third kappa shape index (κ3) is 5.64. The van der Waals surface area contributed by atoms with Gasteiger partial charge in [-0.05, 0) is 86.9 Å². The summed E-state index contributed by atoms with van der Waals surface area (Å²) in [6, 6.07) is -1.30. The highest BCUT2D eigenvalue weighted by Crippen LogP contribution is 2.74. The number of hydrogen-bond donors (Lipinski definition) is 2. The number of nitro groups is 1. The monoisotopic (exact) mass is 632 g/mol. The van der Waals surface area contributed by atoms with Gasteiger partial charge in [0, 0.05) is 28.6 Å². The summed E-state index contributed by atoms with van der Waals surface area (Å²) in [6.07, 6.45) is 6.23. The number of nitrogens with zero attached hydrogens (tertiary/aromatic N) is 1. The predicted molar refractivity (Wildman–Crippen MR) is 168 cm³/mol. The lowest BCUT2D eigenvalue weighted by molar-refractivity contribution is -0.556. The summed E-state index contributed by atoms with van der Waals surface area (Å²) in [5.41, 5.74) is -0.433. The van der Waals surface area contributed by atoms with Crippen molar-refractivity contribution >= 4 is 5.78 Å². The molecular formula is C36H58NO8-. The average Bonchev–Trinajstić information content (AvgIpc) is 3.21. The van der Waals surface area contributed by atoms with Crippen LogP contribution in [0, 0.1) is 55.4 Å². The van der Waals surface area contributed by atoms with Gasteiger partial charge < -0.3 is 24.8 Å². The third-order valence-corrected chi connectivity index (χ3v) is 14.1. The molecule has 9 nitrogen and oxygen atoms in total. The molecule has 1 heterocycles. The van der Waals surface area contributed by atoms with Crippen molar-refractivity contribution in [3.8, 4) is 0 Å². The number of Topliss-reactive ketones (excluding diaryl/α,β-unsaturated/α-hetero) is 1. The molecular weight excluding hydrogens is 574 g/mol. The first-order valence-corrected chi connectivity index (χ1v) is 17.5. The van der Waals surface area contributed by atoms with E-state index in [9.17, 15) is 30.2 Å². The fraction of sp³-hybridized carbons (Fsp3) is 0.917. The summed E-state index contributed by atoms with van der Waals surface area (Å²) in [6.45, 7) is 16.8. The van der Waals surface area contributed by atoms with E-state index in [0.29, 0.717) is 30.5 Å². The molecule has 0 amide bonds. The fourth-order valence-corrected chi connectivity index (χ4v) is 11.2. The van der Waals surface area contributed by atoms with Gasteiger partial charge in [0.15, 0.2) is 12.4 Å². The molecule has 0 aromatic heterocycles. The quantitative estimate of drug-likeness (QED) is 0.200. The molecule has 2 N–H and O–H groups in total. The lowest BCUT2D eigenvalue weighted by Gasteiger charge is -2.65. The smallest absolute Gasteiger partial charge is 0.246 e. The Balaban J connectivity index is 1.38. The van der Waals surface area contributed by atoms with E-state index < -0.39 is 52.5 Å². The lowest BCUT2D eigenvalue weighted by Crippen LogP contribution is -2.63. The van der Waals surface area contributed by atoms with Crippen LogP contribution in [0.5, 0.6) is 0 Å². The molecule has 4 aliphatic carbocycles. The summed E-state index contributed by atoms with van der Waals surface area (Å²) < 4.78 is 12.1. The Hall–Kier alpha value is -1.39. The van der Waals surface area contributed by atoms with E-state index >= 15 is 0 Å². The van der Waals surface area contributed by atoms with Crippen molar-refractivity contribution in [3.63, 3.8) is 0 Å². The molecule has 12 atom stereocenters. The van der Waals surface area contributed by atoms with Crippen molar-refractivity contribution in [2.45, 2.75) is 156 Å². The molecule has 45 heavy (non-hydrogen) atoms. The van der Waals surface area contributed by atoms with E-state index in [1.54, 1.807) is 0 Å². The van der Waals surface area contributed by atoms with E-state index in [2.05, 4.69) is 47.6 Å². The zero-order valence-electron chi connectivity index (χ0n) is 28.8. The van der Waals surface area contributed by atoms with Crippen molar-refractivity contribution < 1.29 is 34.5 Å². The van der Waals surface area contributed by atoms with Crippen LogP contribution in [0.25, 0.3) is 0 Å². The largest absolute Gasteiger partial charge is 0.853 e. The van der Waals surface area contributed by atoms with Crippen molar-refractivity contribution in [1.82, 2.24) is 0 Å². The first-order valence-electron chi connectivity index (χ1n) is 17.5. The molecule has 9 heteroatoms. The second kappa shape index (κ2) is 11.9. The van der Waals surface area contributed by atoms with Gasteiger partial charge in [0.2, 0.25) is 6.04 Å². The molecule has 3 saturated carbocycles. The Morgan fingerprint density at radius 2 is 1.84 bits per heavy atom. The zero-order chi connectivity index (χ0) is 33.3. The number of aliphatic hydroxyl groups excluding tert-OH is 1. The molecule has 0 aromatic carbocycles. The van der Waals surface area contributed by atoms with Crippen LogP contribution in [0.15, 0.2) is 11.6 Å². The van der Waals surface area contributed by atoms with Crippen LogP contribution in [0.2, 0.25) is 0 Å². The minimum Gasteiger partial charge on any atom is -0.853 e. The van der Waals surface area contributed by atoms with Crippen LogP contribution in [0.3, 0.4) is 0 Å². The van der Waals surface area contributed by atoms with Gasteiger partial charge in [-0.3, -0.25) is 14.9 Å². The van der Waals surface area contributed by atoms with Crippen LogP contribution >= 0.6 is 0 Å². The minimum absolute atomic E-state index is 0.0370. The average molecular weight is 633 g/mol. The standard InChI is InChI=1S/C36H58NO8/c1-21(10-9-16-32(2,3)41)23-15-17-34(6)27-13-11-24-25(36(27,8)28(39)19-35(23,34)7)12-14-29(33(24,4)5)45-31-30(40)26(37(42)43)18-22(20-38)44-31/h11,21-23,25-27,29-31,40-41H,9-10,12-20H2,1-8H3/q-1/t21-,22+,23?,25?,26+,27?,29+,30-,31+,34+,35-,36+/m1/s1. The lowest BCUT2D eigenvalue weighted by atomic mass is 9.38. The van der Waals surface area contributed by atoms with Gasteiger partial charge >= 0.3 is 0 Å². The minimum atomic E-state index is -1.45. The number of aliphatic hydroxyl groups is 2. The van der Waals surface area contributed by atoms with Crippen molar-refractivity contribution in [1.29, 1.82) is 0 Å². The molecule has 1 aliphatic heterocycles. The van der Waals surface area contributed by atoms with Crippen LogP contribution in [0.1, 0.15) is 120 Å². The summed E-state index contributed by atoms with van der Waals surface area (Å²) in [7, 11) is 0. The van der Waals surface area contributed by atoms with E-state index in [1.165, 1.54) is 5.57 Å². The molecule has 0 aromatic rings. The van der Waals surface area contributed by atoms with E-state index in [1.807, 2.05) is 13.8 Å². The van der Waals surface area contributed by atoms with E-state index in [-0.39, 0.29) is 35.2 Å². The van der Waals surface area contributed by atoms with Crippen LogP contribution in [0.4, 0.5) is 0 Å². The van der Waals surface area contributed by atoms with Crippen molar-refractivity contribution in [3.05, 3.63) is 21.8 Å². The first-order chi connectivity index (χ1) is 20.8. The number of fused-ring (bicyclic) bond motifs is 5. The van der Waals surface area contributed by atoms with Gasteiger partial charge in [-0.1, -0.05) is 66.0 Å².